The second-order valence-corrected chi connectivity index (χ2v) is 8.49. The Kier molecular flexibility index (Phi) is 12.9. The normalized spacial score (nSPS) is 13.8. The van der Waals surface area contributed by atoms with Gasteiger partial charge in [0.2, 0.25) is 23.6 Å². The Morgan fingerprint density at radius 3 is 1.61 bits per heavy atom. The second kappa shape index (κ2) is 14.2. The van der Waals surface area contributed by atoms with Crippen LogP contribution in [0.5, 0.6) is 0 Å². The molecule has 0 rings (SSSR count). The van der Waals surface area contributed by atoms with Gasteiger partial charge in [0.25, 0.3) is 0 Å². The molecule has 0 aromatic carbocycles. The summed E-state index contributed by atoms with van der Waals surface area (Å²) in [5, 5.41) is 7.94. The van der Waals surface area contributed by atoms with Crippen molar-refractivity contribution in [3.63, 3.8) is 0 Å². The quantitative estimate of drug-likeness (QED) is 0.115. The number of hydrogen-bond donors (Lipinski definition) is 6. The van der Waals surface area contributed by atoms with Crippen LogP contribution in [0.4, 0.5) is 0 Å². The van der Waals surface area contributed by atoms with E-state index in [1.807, 2.05) is 27.7 Å². The van der Waals surface area contributed by atoms with Gasteiger partial charge in [0.15, 0.2) is 5.96 Å². The predicted octanol–water partition coefficient (Wildman–Crippen LogP) is -0.908. The third-order valence-electron chi connectivity index (χ3n) is 4.35. The van der Waals surface area contributed by atoms with Crippen molar-refractivity contribution in [2.45, 2.75) is 78.4 Å². The lowest BCUT2D eigenvalue weighted by atomic mass is 9.99. The molecule has 0 aliphatic heterocycles. The smallest absolute Gasteiger partial charge is 0.243 e. The van der Waals surface area contributed by atoms with Crippen LogP contribution in [0.25, 0.3) is 0 Å². The zero-order valence-electron chi connectivity index (χ0n) is 19.2. The van der Waals surface area contributed by atoms with Gasteiger partial charge < -0.3 is 33.2 Å². The summed E-state index contributed by atoms with van der Waals surface area (Å²) in [6.07, 6.45) is 1.47. The van der Waals surface area contributed by atoms with Crippen LogP contribution in [0.3, 0.4) is 0 Å². The highest BCUT2D eigenvalue weighted by atomic mass is 16.2. The van der Waals surface area contributed by atoms with Crippen LogP contribution in [-0.4, -0.2) is 54.3 Å². The topological polar surface area (TPSA) is 195 Å². The highest BCUT2D eigenvalue weighted by molar-refractivity contribution is 5.93. The molecule has 3 atom stereocenters. The number of primary amides is 1. The number of nitrogens with one attached hydrogen (secondary N) is 3. The number of aliphatic imine (C=N–C) groups is 1. The number of rotatable bonds is 14. The van der Waals surface area contributed by atoms with Gasteiger partial charge in [0.1, 0.15) is 18.1 Å². The molecule has 11 nitrogen and oxygen atoms in total. The van der Waals surface area contributed by atoms with Gasteiger partial charge in [-0.25, -0.2) is 0 Å². The molecule has 4 amide bonds. The van der Waals surface area contributed by atoms with Crippen molar-refractivity contribution < 1.29 is 19.2 Å². The van der Waals surface area contributed by atoms with E-state index in [2.05, 4.69) is 20.9 Å². The molecule has 0 heterocycles. The zero-order chi connectivity index (χ0) is 24.1. The molecule has 0 bridgehead atoms. The summed E-state index contributed by atoms with van der Waals surface area (Å²) in [4.78, 5) is 52.7. The molecule has 31 heavy (non-hydrogen) atoms. The van der Waals surface area contributed by atoms with Crippen LogP contribution < -0.4 is 33.2 Å². The van der Waals surface area contributed by atoms with E-state index in [1.54, 1.807) is 0 Å². The van der Waals surface area contributed by atoms with Gasteiger partial charge >= 0.3 is 0 Å². The van der Waals surface area contributed by atoms with Crippen LogP contribution in [-0.2, 0) is 19.2 Å². The summed E-state index contributed by atoms with van der Waals surface area (Å²) >= 11 is 0. The fraction of sp³-hybridized carbons (Fsp3) is 0.750. The first-order valence-corrected chi connectivity index (χ1v) is 10.6. The molecule has 178 valence electrons. The number of carbonyl (C=O) groups excluding carboxylic acids is 4. The number of carbonyl (C=O) groups is 4. The molecular formula is C20H39N7O4. The van der Waals surface area contributed by atoms with Crippen molar-refractivity contribution >= 4 is 29.6 Å². The SMILES string of the molecule is CC(=O)N[C@@H](CC(C)C)C(=O)N[C@@H](CC(C)C)C(=O)N[C@@H](CCCN=C(N)N)C(N)=O. The average molecular weight is 442 g/mol. The highest BCUT2D eigenvalue weighted by Crippen LogP contribution is 2.10. The molecule has 0 aliphatic rings. The number of nitrogens with zero attached hydrogens (tertiary/aromatic N) is 1. The third kappa shape index (κ3) is 13.1. The van der Waals surface area contributed by atoms with Gasteiger partial charge in [-0.15, -0.1) is 0 Å². The summed E-state index contributed by atoms with van der Waals surface area (Å²) in [6, 6.07) is -2.56. The zero-order valence-corrected chi connectivity index (χ0v) is 19.2. The van der Waals surface area contributed by atoms with E-state index in [1.165, 1.54) is 6.92 Å². The van der Waals surface area contributed by atoms with Crippen molar-refractivity contribution in [2.24, 2.45) is 34.0 Å². The van der Waals surface area contributed by atoms with E-state index >= 15 is 0 Å². The Morgan fingerprint density at radius 2 is 1.23 bits per heavy atom. The Morgan fingerprint density at radius 1 is 0.774 bits per heavy atom. The van der Waals surface area contributed by atoms with Gasteiger partial charge in [-0.3, -0.25) is 24.2 Å². The minimum atomic E-state index is -0.921. The van der Waals surface area contributed by atoms with Crippen LogP contribution in [0, 0.1) is 11.8 Å². The molecule has 0 aromatic rings. The Balaban J connectivity index is 5.25. The van der Waals surface area contributed by atoms with E-state index in [4.69, 9.17) is 17.2 Å². The molecule has 9 N–H and O–H groups in total. The second-order valence-electron chi connectivity index (χ2n) is 8.49. The maximum Gasteiger partial charge on any atom is 0.243 e. The maximum atomic E-state index is 12.8. The number of hydrogen-bond acceptors (Lipinski definition) is 5. The third-order valence-corrected chi connectivity index (χ3v) is 4.35. The van der Waals surface area contributed by atoms with Gasteiger partial charge in [0, 0.05) is 13.5 Å². The standard InChI is InChI=1S/C20H39N7O4/c1-11(2)9-15(25-13(5)28)18(30)27-16(10-12(3)4)19(31)26-14(17(21)29)7-6-8-24-20(22)23/h11-12,14-16H,6-10H2,1-5H3,(H2,21,29)(H,25,28)(H,26,31)(H,27,30)(H4,22,23,24)/t14-,15-,16-/m0/s1. The monoisotopic (exact) mass is 441 g/mol. The van der Waals surface area contributed by atoms with E-state index in [0.717, 1.165) is 0 Å². The van der Waals surface area contributed by atoms with Crippen molar-refractivity contribution in [1.29, 1.82) is 0 Å². The van der Waals surface area contributed by atoms with E-state index in [0.29, 0.717) is 25.8 Å². The molecule has 0 fully saturated rings. The number of guanidine groups is 1. The Hall–Kier alpha value is -2.85. The van der Waals surface area contributed by atoms with Gasteiger partial charge in [-0.05, 0) is 37.5 Å². The summed E-state index contributed by atoms with van der Waals surface area (Å²) in [7, 11) is 0. The molecule has 0 saturated heterocycles. The predicted molar refractivity (Wildman–Crippen MR) is 119 cm³/mol. The largest absolute Gasteiger partial charge is 0.370 e. The van der Waals surface area contributed by atoms with Gasteiger partial charge in [-0.1, -0.05) is 27.7 Å². The van der Waals surface area contributed by atoms with Crippen LogP contribution >= 0.6 is 0 Å². The fourth-order valence-corrected chi connectivity index (χ4v) is 2.98. The van der Waals surface area contributed by atoms with Crippen molar-refractivity contribution in [3.8, 4) is 0 Å². The summed E-state index contributed by atoms with van der Waals surface area (Å²) in [5.41, 5.74) is 15.9. The molecule has 0 radical (unpaired) electrons. The molecule has 11 heteroatoms. The van der Waals surface area contributed by atoms with E-state index in [9.17, 15) is 19.2 Å². The van der Waals surface area contributed by atoms with Gasteiger partial charge in [0.05, 0.1) is 0 Å². The van der Waals surface area contributed by atoms with E-state index in [-0.39, 0.29) is 30.1 Å². The molecular weight excluding hydrogens is 402 g/mol. The van der Waals surface area contributed by atoms with Crippen molar-refractivity contribution in [2.75, 3.05) is 6.54 Å². The first-order chi connectivity index (χ1) is 14.3. The maximum absolute atomic E-state index is 12.8. The minimum absolute atomic E-state index is 0.0607. The number of nitrogens with two attached hydrogens (primary N) is 3. The molecule has 0 unspecified atom stereocenters. The van der Waals surface area contributed by atoms with Crippen LogP contribution in [0.1, 0.15) is 60.3 Å². The lowest BCUT2D eigenvalue weighted by Crippen LogP contribution is -2.56. The minimum Gasteiger partial charge on any atom is -0.370 e. The first-order valence-electron chi connectivity index (χ1n) is 10.6. The summed E-state index contributed by atoms with van der Waals surface area (Å²) < 4.78 is 0. The Labute approximate surface area is 184 Å². The highest BCUT2D eigenvalue weighted by Gasteiger charge is 2.29. The first kappa shape index (κ1) is 28.1. The van der Waals surface area contributed by atoms with Crippen LogP contribution in [0.2, 0.25) is 0 Å². The Bertz CT molecular complexity index is 645. The number of amides is 4. The molecule has 0 aromatic heterocycles. The lowest BCUT2D eigenvalue weighted by molar-refractivity contribution is -0.133. The van der Waals surface area contributed by atoms with Crippen molar-refractivity contribution in [1.82, 2.24) is 16.0 Å². The molecule has 0 spiro atoms. The fourth-order valence-electron chi connectivity index (χ4n) is 2.98. The molecule has 0 aliphatic carbocycles. The molecule has 0 saturated carbocycles. The summed E-state index contributed by atoms with van der Waals surface area (Å²) in [6.45, 7) is 9.31. The summed E-state index contributed by atoms with van der Waals surface area (Å²) in [5.74, 6) is -1.80. The lowest BCUT2D eigenvalue weighted by Gasteiger charge is -2.26. The van der Waals surface area contributed by atoms with E-state index < -0.39 is 35.8 Å². The van der Waals surface area contributed by atoms with Crippen molar-refractivity contribution in [3.05, 3.63) is 0 Å². The average Bonchev–Trinajstić information content (AvgIpc) is 2.61. The van der Waals surface area contributed by atoms with Crippen LogP contribution in [0.15, 0.2) is 4.99 Å². The van der Waals surface area contributed by atoms with Gasteiger partial charge in [-0.2, -0.15) is 0 Å².